The molecule has 0 radical (unpaired) electrons. The Balaban J connectivity index is 1.49. The van der Waals surface area contributed by atoms with E-state index in [2.05, 4.69) is 41.5 Å². The molecule has 1 N–H and O–H groups in total. The Morgan fingerprint density at radius 1 is 0.968 bits per heavy atom. The lowest BCUT2D eigenvalue weighted by Crippen LogP contribution is -2.58. The Labute approximate surface area is 192 Å². The van der Waals surface area contributed by atoms with Crippen LogP contribution in [0.15, 0.2) is 0 Å². The molecule has 0 spiro atoms. The molecule has 0 saturated heterocycles. The number of hydrogen-bond donors (Lipinski definition) is 1. The van der Waals surface area contributed by atoms with Gasteiger partial charge in [-0.2, -0.15) is 0 Å². The third-order valence-electron chi connectivity index (χ3n) is 11.7. The Kier molecular flexibility index (Phi) is 6.73. The molecular formula is C29H50O2. The van der Waals surface area contributed by atoms with Gasteiger partial charge in [0.1, 0.15) is 5.78 Å². The molecule has 0 aromatic heterocycles. The summed E-state index contributed by atoms with van der Waals surface area (Å²) in [6.45, 7) is 14.8. The molecular weight excluding hydrogens is 380 g/mol. The standard InChI is InChI=1S/C29H50O2/c1-7-20(18(2)3)9-8-19(4)23-10-11-24-22-17-27(31)26-16-21(30)12-14-29(26,6)25(22)13-15-28(23,24)5/h18-20,22-27,31H,7-17H2,1-6H3/t19-,20-,22+,23-,24+,25+,26?,27-,28-,29-/m1/s1. The minimum Gasteiger partial charge on any atom is -0.393 e. The molecule has 31 heavy (non-hydrogen) atoms. The van der Waals surface area contributed by atoms with E-state index in [-0.39, 0.29) is 17.4 Å². The van der Waals surface area contributed by atoms with Crippen molar-refractivity contribution in [2.45, 2.75) is 118 Å². The van der Waals surface area contributed by atoms with Gasteiger partial charge in [0.15, 0.2) is 0 Å². The molecule has 0 bridgehead atoms. The van der Waals surface area contributed by atoms with Crippen LogP contribution in [0.1, 0.15) is 112 Å². The van der Waals surface area contributed by atoms with Gasteiger partial charge in [0.25, 0.3) is 0 Å². The number of ketones is 1. The van der Waals surface area contributed by atoms with Gasteiger partial charge in [0, 0.05) is 12.8 Å². The van der Waals surface area contributed by atoms with E-state index in [4.69, 9.17) is 0 Å². The van der Waals surface area contributed by atoms with Gasteiger partial charge >= 0.3 is 0 Å². The molecule has 1 unspecified atom stereocenters. The number of Topliss-reactive ketones (excluding diaryl/α,β-unsaturated/α-hetero) is 1. The minimum atomic E-state index is -0.259. The Bertz CT molecular complexity index is 655. The lowest BCUT2D eigenvalue weighted by molar-refractivity contribution is -0.166. The number of rotatable bonds is 6. The first-order valence-electron chi connectivity index (χ1n) is 13.8. The molecule has 2 heteroatoms. The van der Waals surface area contributed by atoms with Crippen molar-refractivity contribution in [1.29, 1.82) is 0 Å². The van der Waals surface area contributed by atoms with Crippen molar-refractivity contribution in [3.63, 3.8) is 0 Å². The largest absolute Gasteiger partial charge is 0.393 e. The van der Waals surface area contributed by atoms with Crippen molar-refractivity contribution < 1.29 is 9.90 Å². The van der Waals surface area contributed by atoms with Crippen molar-refractivity contribution in [2.75, 3.05) is 0 Å². The van der Waals surface area contributed by atoms with Gasteiger partial charge in [-0.15, -0.1) is 0 Å². The second-order valence-corrected chi connectivity index (χ2v) is 13.2. The van der Waals surface area contributed by atoms with Crippen molar-refractivity contribution >= 4 is 5.78 Å². The smallest absolute Gasteiger partial charge is 0.133 e. The SMILES string of the molecule is CC[C@H](CC[C@@H](C)[C@H]1CC[C@H]2[C@@H]3C[C@@H](O)C4CC(=O)CC[C@]4(C)[C@H]3CC[C@]12C)C(C)C. The van der Waals surface area contributed by atoms with Crippen LogP contribution >= 0.6 is 0 Å². The van der Waals surface area contributed by atoms with Crippen LogP contribution in [0, 0.1) is 58.2 Å². The lowest BCUT2D eigenvalue weighted by atomic mass is 9.44. The molecule has 4 fully saturated rings. The van der Waals surface area contributed by atoms with Gasteiger partial charge < -0.3 is 5.11 Å². The van der Waals surface area contributed by atoms with Crippen LogP contribution in [0.4, 0.5) is 0 Å². The summed E-state index contributed by atoms with van der Waals surface area (Å²) < 4.78 is 0. The van der Waals surface area contributed by atoms with E-state index in [9.17, 15) is 9.90 Å². The van der Waals surface area contributed by atoms with Crippen LogP contribution in [0.3, 0.4) is 0 Å². The Morgan fingerprint density at radius 2 is 1.68 bits per heavy atom. The highest BCUT2D eigenvalue weighted by Gasteiger charge is 2.62. The number of carbonyl (C=O) groups is 1. The fourth-order valence-corrected chi connectivity index (χ4v) is 9.75. The molecule has 4 saturated carbocycles. The van der Waals surface area contributed by atoms with E-state index in [1.165, 1.54) is 44.9 Å². The second kappa shape index (κ2) is 8.77. The van der Waals surface area contributed by atoms with Crippen LogP contribution in [0.5, 0.6) is 0 Å². The first-order chi connectivity index (χ1) is 14.6. The van der Waals surface area contributed by atoms with E-state index in [0.29, 0.717) is 23.5 Å². The maximum atomic E-state index is 12.2. The number of hydrogen-bond acceptors (Lipinski definition) is 2. The third kappa shape index (κ3) is 3.95. The van der Waals surface area contributed by atoms with E-state index in [0.717, 1.165) is 54.8 Å². The minimum absolute atomic E-state index is 0.187. The average Bonchev–Trinajstić information content (AvgIpc) is 3.07. The summed E-state index contributed by atoms with van der Waals surface area (Å²) >= 11 is 0. The summed E-state index contributed by atoms with van der Waals surface area (Å²) in [4.78, 5) is 12.2. The molecule has 4 aliphatic rings. The van der Waals surface area contributed by atoms with E-state index >= 15 is 0 Å². The number of aliphatic hydroxyl groups excluding tert-OH is 1. The molecule has 4 rings (SSSR count). The number of aliphatic hydroxyl groups is 1. The van der Waals surface area contributed by atoms with E-state index in [1.807, 2.05) is 0 Å². The van der Waals surface area contributed by atoms with Crippen molar-refractivity contribution in [2.24, 2.45) is 58.2 Å². The van der Waals surface area contributed by atoms with E-state index in [1.54, 1.807) is 0 Å². The number of carbonyl (C=O) groups excluding carboxylic acids is 1. The molecule has 4 aliphatic carbocycles. The van der Waals surface area contributed by atoms with Crippen LogP contribution in [0.25, 0.3) is 0 Å². The molecule has 10 atom stereocenters. The fourth-order valence-electron chi connectivity index (χ4n) is 9.75. The summed E-state index contributed by atoms with van der Waals surface area (Å²) in [5.74, 6) is 6.17. The quantitative estimate of drug-likeness (QED) is 0.480. The number of fused-ring (bicyclic) bond motifs is 5. The van der Waals surface area contributed by atoms with Crippen LogP contribution in [-0.2, 0) is 4.79 Å². The fraction of sp³-hybridized carbons (Fsp3) is 0.966. The monoisotopic (exact) mass is 430 g/mol. The maximum Gasteiger partial charge on any atom is 0.133 e. The first kappa shape index (κ1) is 23.8. The van der Waals surface area contributed by atoms with Crippen LogP contribution in [0.2, 0.25) is 0 Å². The Morgan fingerprint density at radius 3 is 2.35 bits per heavy atom. The first-order valence-corrected chi connectivity index (χ1v) is 13.8. The van der Waals surface area contributed by atoms with Crippen molar-refractivity contribution in [1.82, 2.24) is 0 Å². The van der Waals surface area contributed by atoms with Gasteiger partial charge in [-0.3, -0.25) is 4.79 Å². The molecule has 0 heterocycles. The highest BCUT2D eigenvalue weighted by Crippen LogP contribution is 2.68. The Hall–Kier alpha value is -0.370. The normalized spacial score (nSPS) is 46.9. The zero-order chi connectivity index (χ0) is 22.6. The molecule has 0 aromatic carbocycles. The molecule has 2 nitrogen and oxygen atoms in total. The average molecular weight is 431 g/mol. The predicted molar refractivity (Wildman–Crippen MR) is 129 cm³/mol. The van der Waals surface area contributed by atoms with Crippen molar-refractivity contribution in [3.05, 3.63) is 0 Å². The zero-order valence-electron chi connectivity index (χ0n) is 21.3. The zero-order valence-corrected chi connectivity index (χ0v) is 21.3. The third-order valence-corrected chi connectivity index (χ3v) is 11.7. The summed E-state index contributed by atoms with van der Waals surface area (Å²) in [7, 11) is 0. The molecule has 0 aliphatic heterocycles. The van der Waals surface area contributed by atoms with Gasteiger partial charge in [0.2, 0.25) is 0 Å². The van der Waals surface area contributed by atoms with Gasteiger partial charge in [0.05, 0.1) is 6.10 Å². The summed E-state index contributed by atoms with van der Waals surface area (Å²) in [5, 5.41) is 11.2. The highest BCUT2D eigenvalue weighted by molar-refractivity contribution is 5.79. The molecule has 0 aromatic rings. The van der Waals surface area contributed by atoms with Crippen LogP contribution in [-0.4, -0.2) is 17.0 Å². The van der Waals surface area contributed by atoms with Gasteiger partial charge in [-0.25, -0.2) is 0 Å². The van der Waals surface area contributed by atoms with Crippen molar-refractivity contribution in [3.8, 4) is 0 Å². The lowest BCUT2D eigenvalue weighted by Gasteiger charge is -2.61. The summed E-state index contributed by atoms with van der Waals surface area (Å²) in [6.07, 6.45) is 12.7. The van der Waals surface area contributed by atoms with Gasteiger partial charge in [-0.1, -0.05) is 54.4 Å². The molecule has 178 valence electrons. The maximum absolute atomic E-state index is 12.2. The highest BCUT2D eigenvalue weighted by atomic mass is 16.3. The summed E-state index contributed by atoms with van der Waals surface area (Å²) in [5.41, 5.74) is 0.653. The predicted octanol–water partition coefficient (Wildman–Crippen LogP) is 7.28. The second-order valence-electron chi connectivity index (χ2n) is 13.2. The van der Waals surface area contributed by atoms with Gasteiger partial charge in [-0.05, 0) is 103 Å². The summed E-state index contributed by atoms with van der Waals surface area (Å²) in [6, 6.07) is 0. The van der Waals surface area contributed by atoms with E-state index < -0.39 is 0 Å². The van der Waals surface area contributed by atoms with Crippen LogP contribution < -0.4 is 0 Å². The molecule has 0 amide bonds. The topological polar surface area (TPSA) is 37.3 Å².